The lowest BCUT2D eigenvalue weighted by atomic mass is 9.99. The summed E-state index contributed by atoms with van der Waals surface area (Å²) in [7, 11) is 0. The minimum absolute atomic E-state index is 0.114. The zero-order valence-electron chi connectivity index (χ0n) is 10.7. The van der Waals surface area contributed by atoms with Crippen LogP contribution < -0.4 is 0 Å². The van der Waals surface area contributed by atoms with Crippen molar-refractivity contribution >= 4 is 5.97 Å². The van der Waals surface area contributed by atoms with Crippen molar-refractivity contribution in [3.05, 3.63) is 0 Å². The van der Waals surface area contributed by atoms with Gasteiger partial charge in [-0.3, -0.25) is 9.69 Å². The van der Waals surface area contributed by atoms with Crippen molar-refractivity contribution < 1.29 is 14.6 Å². The molecule has 94 valence electrons. The molecule has 0 amide bonds. The Labute approximate surface area is 97.6 Å². The third-order valence-corrected chi connectivity index (χ3v) is 2.95. The molecular weight excluding hydrogens is 206 g/mol. The van der Waals surface area contributed by atoms with Crippen LogP contribution >= 0.6 is 0 Å². The lowest BCUT2D eigenvalue weighted by Crippen LogP contribution is -2.30. The molecule has 0 aromatic heterocycles. The van der Waals surface area contributed by atoms with Gasteiger partial charge >= 0.3 is 5.97 Å². The molecule has 1 heterocycles. The highest BCUT2D eigenvalue weighted by Gasteiger charge is 2.34. The fourth-order valence-electron chi connectivity index (χ4n) is 2.05. The van der Waals surface area contributed by atoms with Crippen LogP contribution in [-0.2, 0) is 9.53 Å². The van der Waals surface area contributed by atoms with Gasteiger partial charge in [0.2, 0.25) is 0 Å². The Bertz CT molecular complexity index is 247. The summed E-state index contributed by atoms with van der Waals surface area (Å²) in [5, 5.41) is 9.00. The third kappa shape index (κ3) is 4.10. The van der Waals surface area contributed by atoms with E-state index in [1.54, 1.807) is 0 Å². The van der Waals surface area contributed by atoms with Gasteiger partial charge in [0.05, 0.1) is 18.1 Å². The van der Waals surface area contributed by atoms with Gasteiger partial charge in [0.25, 0.3) is 0 Å². The number of carbonyl (C=O) groups is 1. The summed E-state index contributed by atoms with van der Waals surface area (Å²) in [5.41, 5.74) is -0.114. The normalized spacial score (nSPS) is 27.2. The maximum atomic E-state index is 10.9. The molecule has 0 spiro atoms. The summed E-state index contributed by atoms with van der Waals surface area (Å²) < 4.78 is 5.63. The molecule has 0 unspecified atom stereocenters. The largest absolute Gasteiger partial charge is 0.481 e. The molecule has 1 aliphatic rings. The van der Waals surface area contributed by atoms with Gasteiger partial charge < -0.3 is 9.84 Å². The summed E-state index contributed by atoms with van der Waals surface area (Å²) in [6.07, 6.45) is 0. The number of likely N-dealkylation sites (tertiary alicyclic amines) is 1. The van der Waals surface area contributed by atoms with E-state index in [1.807, 2.05) is 27.7 Å². The van der Waals surface area contributed by atoms with Gasteiger partial charge in [0.1, 0.15) is 0 Å². The molecule has 0 saturated carbocycles. The van der Waals surface area contributed by atoms with Gasteiger partial charge in [-0.15, -0.1) is 0 Å². The lowest BCUT2D eigenvalue weighted by molar-refractivity contribution is -0.142. The quantitative estimate of drug-likeness (QED) is 0.793. The van der Waals surface area contributed by atoms with Gasteiger partial charge in [-0.05, 0) is 26.7 Å². The van der Waals surface area contributed by atoms with Crippen molar-refractivity contribution in [3.63, 3.8) is 0 Å². The standard InChI is InChI=1S/C12H23NO3/c1-9-7-13(8-10(9)11(14)15)5-6-16-12(2,3)4/h9-10H,5-8H2,1-4H3,(H,14,15)/t9-,10-/m1/s1. The van der Waals surface area contributed by atoms with E-state index in [2.05, 4.69) is 4.90 Å². The molecule has 1 aliphatic heterocycles. The van der Waals surface area contributed by atoms with Crippen LogP contribution in [0.1, 0.15) is 27.7 Å². The molecule has 4 heteroatoms. The highest BCUT2D eigenvalue weighted by molar-refractivity contribution is 5.71. The van der Waals surface area contributed by atoms with Gasteiger partial charge in [-0.25, -0.2) is 0 Å². The number of aliphatic carboxylic acids is 1. The molecule has 1 N–H and O–H groups in total. The van der Waals surface area contributed by atoms with Crippen molar-refractivity contribution in [1.82, 2.24) is 4.90 Å². The second-order valence-corrected chi connectivity index (χ2v) is 5.64. The highest BCUT2D eigenvalue weighted by atomic mass is 16.5. The Kier molecular flexibility index (Phi) is 4.33. The Hall–Kier alpha value is -0.610. The van der Waals surface area contributed by atoms with Crippen molar-refractivity contribution in [1.29, 1.82) is 0 Å². The molecule has 0 radical (unpaired) electrons. The van der Waals surface area contributed by atoms with Gasteiger partial charge in [0, 0.05) is 19.6 Å². The summed E-state index contributed by atoms with van der Waals surface area (Å²) in [4.78, 5) is 13.1. The Balaban J connectivity index is 2.28. The Morgan fingerprint density at radius 3 is 2.50 bits per heavy atom. The highest BCUT2D eigenvalue weighted by Crippen LogP contribution is 2.22. The molecular formula is C12H23NO3. The minimum Gasteiger partial charge on any atom is -0.481 e. The molecule has 1 saturated heterocycles. The zero-order chi connectivity index (χ0) is 12.3. The minimum atomic E-state index is -0.674. The average molecular weight is 229 g/mol. The molecule has 0 aromatic rings. The van der Waals surface area contributed by atoms with E-state index in [4.69, 9.17) is 9.84 Å². The van der Waals surface area contributed by atoms with Crippen LogP contribution in [0.4, 0.5) is 0 Å². The molecule has 1 rings (SSSR count). The first-order chi connectivity index (χ1) is 7.29. The van der Waals surface area contributed by atoms with Crippen LogP contribution in [0.15, 0.2) is 0 Å². The predicted octanol–water partition coefficient (Wildman–Crippen LogP) is 1.45. The van der Waals surface area contributed by atoms with Crippen molar-refractivity contribution in [3.8, 4) is 0 Å². The number of carboxylic acids is 1. The van der Waals surface area contributed by atoms with Gasteiger partial charge in [-0.2, -0.15) is 0 Å². The van der Waals surface area contributed by atoms with Crippen LogP contribution in [0.2, 0.25) is 0 Å². The van der Waals surface area contributed by atoms with Crippen LogP contribution in [0.3, 0.4) is 0 Å². The summed E-state index contributed by atoms with van der Waals surface area (Å²) in [5.74, 6) is -0.645. The smallest absolute Gasteiger partial charge is 0.308 e. The monoisotopic (exact) mass is 229 g/mol. The number of carboxylic acid groups (broad SMARTS) is 1. The average Bonchev–Trinajstić information content (AvgIpc) is 2.44. The predicted molar refractivity (Wildman–Crippen MR) is 62.4 cm³/mol. The molecule has 0 aromatic carbocycles. The van der Waals surface area contributed by atoms with Crippen LogP contribution in [0, 0.1) is 11.8 Å². The van der Waals surface area contributed by atoms with E-state index in [-0.39, 0.29) is 17.4 Å². The van der Waals surface area contributed by atoms with E-state index in [0.717, 1.165) is 13.1 Å². The Morgan fingerprint density at radius 2 is 2.06 bits per heavy atom. The number of rotatable bonds is 4. The number of hydrogen-bond donors (Lipinski definition) is 1. The van der Waals surface area contributed by atoms with E-state index >= 15 is 0 Å². The van der Waals surface area contributed by atoms with Crippen molar-refractivity contribution in [2.45, 2.75) is 33.3 Å². The summed E-state index contributed by atoms with van der Waals surface area (Å²) in [6.45, 7) is 11.1. The van der Waals surface area contributed by atoms with Crippen LogP contribution in [0.5, 0.6) is 0 Å². The SMILES string of the molecule is C[C@@H]1CN(CCOC(C)(C)C)C[C@H]1C(=O)O. The van der Waals surface area contributed by atoms with E-state index in [0.29, 0.717) is 13.2 Å². The number of ether oxygens (including phenoxy) is 1. The molecule has 0 aliphatic carbocycles. The molecule has 1 fully saturated rings. The fourth-order valence-corrected chi connectivity index (χ4v) is 2.05. The van der Waals surface area contributed by atoms with Crippen molar-refractivity contribution in [2.24, 2.45) is 11.8 Å². The zero-order valence-corrected chi connectivity index (χ0v) is 10.7. The van der Waals surface area contributed by atoms with Crippen LogP contribution in [0.25, 0.3) is 0 Å². The maximum absolute atomic E-state index is 10.9. The van der Waals surface area contributed by atoms with Crippen LogP contribution in [-0.4, -0.2) is 47.8 Å². The van der Waals surface area contributed by atoms with Gasteiger partial charge in [-0.1, -0.05) is 6.92 Å². The van der Waals surface area contributed by atoms with Crippen molar-refractivity contribution in [2.75, 3.05) is 26.2 Å². The first-order valence-electron chi connectivity index (χ1n) is 5.89. The molecule has 0 bridgehead atoms. The van der Waals surface area contributed by atoms with Gasteiger partial charge in [0.15, 0.2) is 0 Å². The van der Waals surface area contributed by atoms with E-state index in [9.17, 15) is 4.79 Å². The Morgan fingerprint density at radius 1 is 1.44 bits per heavy atom. The van der Waals surface area contributed by atoms with E-state index in [1.165, 1.54) is 0 Å². The number of nitrogens with zero attached hydrogens (tertiary/aromatic N) is 1. The second kappa shape index (κ2) is 5.15. The first-order valence-corrected chi connectivity index (χ1v) is 5.89. The second-order valence-electron chi connectivity index (χ2n) is 5.64. The lowest BCUT2D eigenvalue weighted by Gasteiger charge is -2.22. The maximum Gasteiger partial charge on any atom is 0.308 e. The topological polar surface area (TPSA) is 49.8 Å². The molecule has 2 atom stereocenters. The first kappa shape index (κ1) is 13.5. The molecule has 16 heavy (non-hydrogen) atoms. The summed E-state index contributed by atoms with van der Waals surface area (Å²) in [6, 6.07) is 0. The molecule has 4 nitrogen and oxygen atoms in total. The number of hydrogen-bond acceptors (Lipinski definition) is 3. The summed E-state index contributed by atoms with van der Waals surface area (Å²) >= 11 is 0. The fraction of sp³-hybridized carbons (Fsp3) is 0.917. The van der Waals surface area contributed by atoms with E-state index < -0.39 is 5.97 Å². The third-order valence-electron chi connectivity index (χ3n) is 2.95.